The van der Waals surface area contributed by atoms with Crippen LogP contribution in [-0.4, -0.2) is 54.7 Å². The molecule has 2 fully saturated rings. The topological polar surface area (TPSA) is 90.9 Å². The largest absolute Gasteiger partial charge is 0.469 e. The third kappa shape index (κ3) is 3.79. The summed E-state index contributed by atoms with van der Waals surface area (Å²) in [7, 11) is 3.40. The highest BCUT2D eigenvalue weighted by Crippen LogP contribution is 2.49. The van der Waals surface area contributed by atoms with Gasteiger partial charge in [-0.1, -0.05) is 31.5 Å². The van der Waals surface area contributed by atoms with Crippen LogP contribution in [0.15, 0.2) is 30.3 Å². The van der Waals surface area contributed by atoms with Gasteiger partial charge in [-0.15, -0.1) is 0 Å². The maximum absolute atomic E-state index is 13.1. The molecule has 2 aliphatic rings. The summed E-state index contributed by atoms with van der Waals surface area (Å²) in [6, 6.07) is 9.31. The van der Waals surface area contributed by atoms with Gasteiger partial charge in [0.1, 0.15) is 0 Å². The Labute approximate surface area is 166 Å². The number of methoxy groups -OCH3 is 1. The Balaban J connectivity index is 1.88. The molecule has 0 radical (unpaired) electrons. The summed E-state index contributed by atoms with van der Waals surface area (Å²) >= 11 is 0. The molecule has 0 aromatic heterocycles. The van der Waals surface area contributed by atoms with Crippen molar-refractivity contribution in [2.24, 2.45) is 17.3 Å². The predicted molar refractivity (Wildman–Crippen MR) is 106 cm³/mol. The normalized spacial score (nSPS) is 33.6. The number of anilines is 1. The molecule has 4 unspecified atom stereocenters. The number of ether oxygens (including phenoxy) is 1. The van der Waals surface area contributed by atoms with Crippen LogP contribution >= 0.6 is 0 Å². The van der Waals surface area contributed by atoms with Crippen molar-refractivity contribution in [2.45, 2.75) is 38.3 Å². The highest BCUT2D eigenvalue weighted by atomic mass is 16.5. The van der Waals surface area contributed by atoms with Gasteiger partial charge in [-0.25, -0.2) is 0 Å². The molecule has 0 spiro atoms. The molecule has 1 aliphatic heterocycles. The van der Waals surface area contributed by atoms with E-state index in [2.05, 4.69) is 22.7 Å². The first-order valence-corrected chi connectivity index (χ1v) is 9.95. The van der Waals surface area contributed by atoms with Crippen LogP contribution in [0.1, 0.15) is 32.6 Å². The lowest BCUT2D eigenvalue weighted by Gasteiger charge is -2.48. The molecule has 1 saturated heterocycles. The monoisotopic (exact) mass is 389 g/mol. The minimum absolute atomic E-state index is 0.138. The Morgan fingerprint density at radius 3 is 2.68 bits per heavy atom. The van der Waals surface area contributed by atoms with Crippen molar-refractivity contribution in [3.8, 4) is 0 Å². The average Bonchev–Trinajstić information content (AvgIpc) is 2.82. The number of hydrogen-bond donors (Lipinski definition) is 3. The summed E-state index contributed by atoms with van der Waals surface area (Å²) in [6.07, 6.45) is 1.55. The van der Waals surface area contributed by atoms with Gasteiger partial charge in [-0.05, 0) is 43.9 Å². The third-order valence-corrected chi connectivity index (χ3v) is 6.48. The SMILES string of the molecule is CCC1CN(C)CC2(C(=O)OC)CCC(O)(NNc3ccccc3)C(=O)CC12. The number of carbonyl (C=O) groups excluding carboxylic acids is 2. The number of carbonyl (C=O) groups is 2. The van der Waals surface area contributed by atoms with Crippen LogP contribution in [-0.2, 0) is 14.3 Å². The van der Waals surface area contributed by atoms with Crippen LogP contribution in [0.5, 0.6) is 0 Å². The minimum atomic E-state index is -1.73. The Bertz CT molecular complexity index is 713. The van der Waals surface area contributed by atoms with E-state index in [0.29, 0.717) is 13.0 Å². The highest BCUT2D eigenvalue weighted by Gasteiger charge is 2.57. The Kier molecular flexibility index (Phi) is 6.07. The van der Waals surface area contributed by atoms with Gasteiger partial charge in [0.15, 0.2) is 11.5 Å². The predicted octanol–water partition coefficient (Wildman–Crippen LogP) is 1.79. The maximum Gasteiger partial charge on any atom is 0.313 e. The number of rotatable bonds is 5. The lowest BCUT2D eigenvalue weighted by Crippen LogP contribution is -2.56. The van der Waals surface area contributed by atoms with Crippen molar-refractivity contribution in [2.75, 3.05) is 32.7 Å². The molecule has 3 rings (SSSR count). The number of ketones is 1. The summed E-state index contributed by atoms with van der Waals surface area (Å²) in [6.45, 7) is 3.46. The number of nitrogens with zero attached hydrogens (tertiary/aromatic N) is 1. The molecule has 0 amide bonds. The van der Waals surface area contributed by atoms with E-state index in [-0.39, 0.29) is 36.4 Å². The van der Waals surface area contributed by atoms with Crippen molar-refractivity contribution < 1.29 is 19.4 Å². The van der Waals surface area contributed by atoms with Crippen LogP contribution in [0.4, 0.5) is 5.69 Å². The second-order valence-corrected chi connectivity index (χ2v) is 8.22. The van der Waals surface area contributed by atoms with Gasteiger partial charge in [0.2, 0.25) is 0 Å². The number of aliphatic hydroxyl groups is 1. The molecule has 1 aromatic rings. The van der Waals surface area contributed by atoms with Gasteiger partial charge in [0.25, 0.3) is 0 Å². The number of piperidine rings is 1. The van der Waals surface area contributed by atoms with Crippen LogP contribution < -0.4 is 10.9 Å². The van der Waals surface area contributed by atoms with E-state index in [0.717, 1.165) is 18.7 Å². The van der Waals surface area contributed by atoms with Gasteiger partial charge in [0.05, 0.1) is 12.5 Å². The summed E-state index contributed by atoms with van der Waals surface area (Å²) in [5.41, 5.74) is 4.00. The quantitative estimate of drug-likeness (QED) is 0.402. The minimum Gasteiger partial charge on any atom is -0.469 e. The number of hydrogen-bond acceptors (Lipinski definition) is 7. The molecular formula is C21H31N3O4. The van der Waals surface area contributed by atoms with Gasteiger partial charge in [-0.3, -0.25) is 9.59 Å². The first-order valence-electron chi connectivity index (χ1n) is 9.95. The van der Waals surface area contributed by atoms with Crippen LogP contribution in [0.2, 0.25) is 0 Å². The van der Waals surface area contributed by atoms with Crippen LogP contribution in [0, 0.1) is 17.3 Å². The van der Waals surface area contributed by atoms with Crippen LogP contribution in [0.3, 0.4) is 0 Å². The second kappa shape index (κ2) is 8.19. The number of Topliss-reactive ketones (excluding diaryl/α,β-unsaturated/α-hetero) is 1. The fourth-order valence-corrected chi connectivity index (χ4v) is 4.94. The van der Waals surface area contributed by atoms with Crippen molar-refractivity contribution in [3.63, 3.8) is 0 Å². The Morgan fingerprint density at radius 1 is 1.32 bits per heavy atom. The number of benzene rings is 1. The fraction of sp³-hybridized carbons (Fsp3) is 0.619. The van der Waals surface area contributed by atoms with Gasteiger partial charge < -0.3 is 20.2 Å². The number of hydrazine groups is 1. The zero-order chi connectivity index (χ0) is 20.4. The fourth-order valence-electron chi connectivity index (χ4n) is 4.94. The first kappa shape index (κ1) is 20.8. The number of para-hydroxylation sites is 1. The van der Waals surface area contributed by atoms with E-state index in [1.54, 1.807) is 0 Å². The molecule has 1 aromatic carbocycles. The molecular weight excluding hydrogens is 358 g/mol. The summed E-state index contributed by atoms with van der Waals surface area (Å²) in [5, 5.41) is 11.1. The molecule has 1 heterocycles. The molecule has 1 saturated carbocycles. The first-order chi connectivity index (χ1) is 13.3. The number of esters is 1. The lowest BCUT2D eigenvalue weighted by atomic mass is 9.63. The van der Waals surface area contributed by atoms with Gasteiger partial charge in [0, 0.05) is 25.2 Å². The van der Waals surface area contributed by atoms with E-state index >= 15 is 0 Å². The molecule has 154 valence electrons. The van der Waals surface area contributed by atoms with E-state index in [1.807, 2.05) is 37.4 Å². The second-order valence-electron chi connectivity index (χ2n) is 8.22. The highest BCUT2D eigenvalue weighted by molar-refractivity contribution is 5.89. The van der Waals surface area contributed by atoms with Crippen LogP contribution in [0.25, 0.3) is 0 Å². The van der Waals surface area contributed by atoms with Gasteiger partial charge >= 0.3 is 5.97 Å². The standard InChI is InChI=1S/C21H31N3O4/c1-4-15-13-24(2)14-20(19(26)28-3)10-11-21(27,18(25)12-17(15)20)23-22-16-8-6-5-7-9-16/h5-9,15,17,22-23,27H,4,10-14H2,1-3H3. The summed E-state index contributed by atoms with van der Waals surface area (Å²) in [4.78, 5) is 28.1. The molecule has 4 atom stereocenters. The molecule has 3 N–H and O–H groups in total. The Morgan fingerprint density at radius 2 is 2.04 bits per heavy atom. The zero-order valence-corrected chi connectivity index (χ0v) is 16.9. The number of nitrogens with one attached hydrogen (secondary N) is 2. The van der Waals surface area contributed by atoms with E-state index in [4.69, 9.17) is 4.74 Å². The van der Waals surface area contributed by atoms with E-state index in [1.165, 1.54) is 7.11 Å². The van der Waals surface area contributed by atoms with Crippen molar-refractivity contribution in [3.05, 3.63) is 30.3 Å². The smallest absolute Gasteiger partial charge is 0.313 e. The van der Waals surface area contributed by atoms with Crippen molar-refractivity contribution in [1.82, 2.24) is 10.3 Å². The molecule has 1 aliphatic carbocycles. The lowest BCUT2D eigenvalue weighted by molar-refractivity contribution is -0.165. The van der Waals surface area contributed by atoms with Crippen molar-refractivity contribution >= 4 is 17.4 Å². The van der Waals surface area contributed by atoms with E-state index in [9.17, 15) is 14.7 Å². The van der Waals surface area contributed by atoms with Gasteiger partial charge in [-0.2, -0.15) is 5.43 Å². The summed E-state index contributed by atoms with van der Waals surface area (Å²) in [5.74, 6) is -0.502. The summed E-state index contributed by atoms with van der Waals surface area (Å²) < 4.78 is 5.18. The molecule has 28 heavy (non-hydrogen) atoms. The molecule has 0 bridgehead atoms. The molecule has 7 nitrogen and oxygen atoms in total. The van der Waals surface area contributed by atoms with E-state index < -0.39 is 11.1 Å². The third-order valence-electron chi connectivity index (χ3n) is 6.48. The van der Waals surface area contributed by atoms with Crippen molar-refractivity contribution in [1.29, 1.82) is 0 Å². The average molecular weight is 389 g/mol. The number of fused-ring (bicyclic) bond motifs is 1. The number of likely N-dealkylation sites (tertiary alicyclic amines) is 1. The molecule has 7 heteroatoms. The Hall–Kier alpha value is -1.96. The zero-order valence-electron chi connectivity index (χ0n) is 16.9. The maximum atomic E-state index is 13.1.